The molecule has 0 fully saturated rings. The average molecular weight is 432 g/mol. The molecule has 0 saturated carbocycles. The molecule has 6 nitrogen and oxygen atoms in total. The molecule has 2 N–H and O–H groups in total. The van der Waals surface area contributed by atoms with Gasteiger partial charge in [0.05, 0.1) is 32.5 Å². The highest BCUT2D eigenvalue weighted by molar-refractivity contribution is 6.42. The first-order valence-corrected chi connectivity index (χ1v) is 8.44. The molecular weight excluding hydrogens is 422 g/mol. The molecule has 2 aromatic carbocycles. The van der Waals surface area contributed by atoms with Crippen LogP contribution in [0.25, 0.3) is 0 Å². The lowest BCUT2D eigenvalue weighted by Crippen LogP contribution is -2.35. The lowest BCUT2D eigenvalue weighted by Gasteiger charge is -2.00. The van der Waals surface area contributed by atoms with Crippen molar-refractivity contribution in [2.24, 2.45) is 10.2 Å². The predicted octanol–water partition coefficient (Wildman–Crippen LogP) is 3.90. The second kappa shape index (κ2) is 9.54. The van der Waals surface area contributed by atoms with E-state index in [9.17, 15) is 9.59 Å². The van der Waals surface area contributed by atoms with E-state index in [-0.39, 0.29) is 0 Å². The number of nitrogens with zero attached hydrogens (tertiary/aromatic N) is 2. The molecule has 2 aromatic rings. The highest BCUT2D eigenvalue weighted by Gasteiger charge is 2.11. The van der Waals surface area contributed by atoms with E-state index < -0.39 is 11.8 Å². The van der Waals surface area contributed by atoms with Crippen LogP contribution in [0.2, 0.25) is 20.1 Å². The van der Waals surface area contributed by atoms with Crippen molar-refractivity contribution in [2.45, 2.75) is 0 Å². The van der Waals surface area contributed by atoms with Gasteiger partial charge in [0.15, 0.2) is 0 Å². The monoisotopic (exact) mass is 430 g/mol. The minimum Gasteiger partial charge on any atom is -0.262 e. The van der Waals surface area contributed by atoms with Crippen LogP contribution in [0.3, 0.4) is 0 Å². The molecule has 0 aromatic heterocycles. The Bertz CT molecular complexity index is 826. The summed E-state index contributed by atoms with van der Waals surface area (Å²) in [5.74, 6) is -1.99. The number of hydrazone groups is 2. The lowest BCUT2D eigenvalue weighted by molar-refractivity contribution is -0.139. The second-order valence-corrected chi connectivity index (χ2v) is 6.37. The lowest BCUT2D eigenvalue weighted by atomic mass is 10.2. The zero-order valence-corrected chi connectivity index (χ0v) is 15.9. The number of rotatable bonds is 4. The molecule has 0 atom stereocenters. The van der Waals surface area contributed by atoms with Gasteiger partial charge in [-0.3, -0.25) is 9.59 Å². The first kappa shape index (κ1) is 20.2. The standard InChI is InChI=1S/C16H10Cl4N4O2/c17-11-3-1-9(5-13(11)19)7-21-23-15(25)16(26)24-22-8-10-2-4-12(18)14(20)6-10/h1-8H,(H,23,25)(H,24,26)/b21-7-,22-8?. The van der Waals surface area contributed by atoms with Crippen LogP contribution in [0.5, 0.6) is 0 Å². The third kappa shape index (κ3) is 6.00. The van der Waals surface area contributed by atoms with E-state index in [1.807, 2.05) is 0 Å². The maximum absolute atomic E-state index is 11.6. The van der Waals surface area contributed by atoms with Gasteiger partial charge in [0.2, 0.25) is 0 Å². The summed E-state index contributed by atoms with van der Waals surface area (Å²) in [6, 6.07) is 9.56. The van der Waals surface area contributed by atoms with Gasteiger partial charge in [-0.05, 0) is 35.4 Å². The Morgan fingerprint density at radius 2 is 1.08 bits per heavy atom. The molecule has 0 bridgehead atoms. The zero-order valence-electron chi connectivity index (χ0n) is 12.8. The largest absolute Gasteiger partial charge is 0.331 e. The van der Waals surface area contributed by atoms with Crippen molar-refractivity contribution in [1.29, 1.82) is 0 Å². The van der Waals surface area contributed by atoms with E-state index in [2.05, 4.69) is 21.1 Å². The number of carbonyl (C=O) groups is 2. The molecule has 10 heteroatoms. The summed E-state index contributed by atoms with van der Waals surface area (Å²) >= 11 is 23.3. The Kier molecular flexibility index (Phi) is 7.41. The van der Waals surface area contributed by atoms with E-state index in [4.69, 9.17) is 46.4 Å². The SMILES string of the molecule is O=C(NN=Cc1ccc(Cl)c(Cl)c1)C(=O)N/N=C\c1ccc(Cl)c(Cl)c1. The van der Waals surface area contributed by atoms with E-state index >= 15 is 0 Å². The highest BCUT2D eigenvalue weighted by atomic mass is 35.5. The number of carbonyl (C=O) groups excluding carboxylic acids is 2. The van der Waals surface area contributed by atoms with Crippen molar-refractivity contribution in [1.82, 2.24) is 10.9 Å². The van der Waals surface area contributed by atoms with Gasteiger partial charge in [-0.1, -0.05) is 58.5 Å². The molecule has 0 radical (unpaired) electrons. The number of nitrogens with one attached hydrogen (secondary N) is 2. The van der Waals surface area contributed by atoms with Crippen LogP contribution in [-0.4, -0.2) is 24.2 Å². The Morgan fingerprint density at radius 1 is 0.692 bits per heavy atom. The molecule has 134 valence electrons. The topological polar surface area (TPSA) is 82.9 Å². The van der Waals surface area contributed by atoms with Gasteiger partial charge in [-0.15, -0.1) is 0 Å². The van der Waals surface area contributed by atoms with Crippen molar-refractivity contribution in [3.05, 3.63) is 67.6 Å². The van der Waals surface area contributed by atoms with Crippen molar-refractivity contribution in [3.8, 4) is 0 Å². The third-order valence-corrected chi connectivity index (χ3v) is 4.33. The fourth-order valence-electron chi connectivity index (χ4n) is 1.62. The molecular formula is C16H10Cl4N4O2. The summed E-state index contributed by atoms with van der Waals surface area (Å²) in [6.07, 6.45) is 2.62. The summed E-state index contributed by atoms with van der Waals surface area (Å²) in [4.78, 5) is 23.2. The van der Waals surface area contributed by atoms with Gasteiger partial charge < -0.3 is 0 Å². The molecule has 2 amide bonds. The van der Waals surface area contributed by atoms with Crippen LogP contribution in [0.15, 0.2) is 46.6 Å². The Labute approximate surface area is 168 Å². The van der Waals surface area contributed by atoms with E-state index in [1.165, 1.54) is 12.4 Å². The number of halogens is 4. The van der Waals surface area contributed by atoms with E-state index in [0.29, 0.717) is 31.2 Å². The van der Waals surface area contributed by atoms with E-state index in [1.54, 1.807) is 36.4 Å². The van der Waals surface area contributed by atoms with Crippen molar-refractivity contribution in [3.63, 3.8) is 0 Å². The molecule has 26 heavy (non-hydrogen) atoms. The van der Waals surface area contributed by atoms with Gasteiger partial charge in [0.25, 0.3) is 0 Å². The van der Waals surface area contributed by atoms with Crippen molar-refractivity contribution >= 4 is 70.6 Å². The highest BCUT2D eigenvalue weighted by Crippen LogP contribution is 2.22. The molecule has 0 aliphatic heterocycles. The predicted molar refractivity (Wildman–Crippen MR) is 104 cm³/mol. The summed E-state index contributed by atoms with van der Waals surface area (Å²) in [7, 11) is 0. The molecule has 0 unspecified atom stereocenters. The zero-order chi connectivity index (χ0) is 19.1. The minimum absolute atomic E-state index is 0.344. The minimum atomic E-state index is -0.993. The number of amides is 2. The first-order chi connectivity index (χ1) is 12.4. The average Bonchev–Trinajstić information content (AvgIpc) is 2.61. The fraction of sp³-hybridized carbons (Fsp3) is 0. The Hall–Kier alpha value is -2.12. The maximum Gasteiger partial charge on any atom is 0.331 e. The smallest absolute Gasteiger partial charge is 0.262 e. The van der Waals surface area contributed by atoms with Crippen molar-refractivity contribution < 1.29 is 9.59 Å². The summed E-state index contributed by atoms with van der Waals surface area (Å²) < 4.78 is 0. The number of hydrogen-bond donors (Lipinski definition) is 2. The third-order valence-electron chi connectivity index (χ3n) is 2.85. The summed E-state index contributed by atoms with van der Waals surface area (Å²) in [5.41, 5.74) is 5.31. The van der Waals surface area contributed by atoms with E-state index in [0.717, 1.165) is 0 Å². The van der Waals surface area contributed by atoms with Gasteiger partial charge in [0.1, 0.15) is 0 Å². The Morgan fingerprint density at radius 3 is 1.42 bits per heavy atom. The van der Waals surface area contributed by atoms with Gasteiger partial charge in [0, 0.05) is 0 Å². The number of hydrogen-bond acceptors (Lipinski definition) is 4. The van der Waals surface area contributed by atoms with Crippen LogP contribution in [0.4, 0.5) is 0 Å². The van der Waals surface area contributed by atoms with Crippen LogP contribution in [0, 0.1) is 0 Å². The first-order valence-electron chi connectivity index (χ1n) is 6.93. The maximum atomic E-state index is 11.6. The van der Waals surface area contributed by atoms with Crippen LogP contribution < -0.4 is 10.9 Å². The van der Waals surface area contributed by atoms with Crippen LogP contribution >= 0.6 is 46.4 Å². The van der Waals surface area contributed by atoms with Crippen LogP contribution in [0.1, 0.15) is 11.1 Å². The molecule has 0 aliphatic rings. The molecule has 0 aliphatic carbocycles. The summed E-state index contributed by atoms with van der Waals surface area (Å²) in [6.45, 7) is 0. The quantitative estimate of drug-likeness (QED) is 0.437. The molecule has 0 saturated heterocycles. The summed E-state index contributed by atoms with van der Waals surface area (Å²) in [5, 5.41) is 8.78. The van der Waals surface area contributed by atoms with Crippen molar-refractivity contribution in [2.75, 3.05) is 0 Å². The van der Waals surface area contributed by atoms with Gasteiger partial charge in [-0.2, -0.15) is 10.2 Å². The molecule has 2 rings (SSSR count). The van der Waals surface area contributed by atoms with Crippen LogP contribution in [-0.2, 0) is 9.59 Å². The molecule has 0 heterocycles. The molecule has 0 spiro atoms. The fourth-order valence-corrected chi connectivity index (χ4v) is 2.23. The van der Waals surface area contributed by atoms with Gasteiger partial charge >= 0.3 is 11.8 Å². The second-order valence-electron chi connectivity index (χ2n) is 4.75. The van der Waals surface area contributed by atoms with Gasteiger partial charge in [-0.25, -0.2) is 10.9 Å². The Balaban J connectivity index is 1.85. The normalized spacial score (nSPS) is 11.1. The number of benzene rings is 2.